The van der Waals surface area contributed by atoms with Gasteiger partial charge in [0.15, 0.2) is 0 Å². The van der Waals surface area contributed by atoms with Crippen LogP contribution in [0, 0.1) is 0 Å². The van der Waals surface area contributed by atoms with Gasteiger partial charge in [0.25, 0.3) is 0 Å². The van der Waals surface area contributed by atoms with Gasteiger partial charge in [-0.05, 0) is 54.8 Å². The average molecular weight is 367 g/mol. The van der Waals surface area contributed by atoms with Crippen molar-refractivity contribution in [3.63, 3.8) is 0 Å². The maximum absolute atomic E-state index is 6.43. The number of rotatable bonds is 4. The quantitative estimate of drug-likeness (QED) is 0.698. The van der Waals surface area contributed by atoms with Crippen LogP contribution >= 0.6 is 11.6 Å². The number of halogens is 1. The molecule has 2 N–H and O–H groups in total. The summed E-state index contributed by atoms with van der Waals surface area (Å²) in [6, 6.07) is 16.6. The third-order valence-electron chi connectivity index (χ3n) is 5.65. The molecule has 0 amide bonds. The Bertz CT molecular complexity index is 889. The molecule has 3 aromatic rings. The van der Waals surface area contributed by atoms with E-state index in [4.69, 9.17) is 22.1 Å². The number of nitrogens with two attached hydrogens (primary N) is 1. The standard InChI is InChI=1S/C22H23ClN2O/c23-20-12-17-14-25-11-8-16(17)13-21(20)26-19-6-9-22(15-24,10-7-19)18-4-2-1-3-5-18/h1-5,8,11-14,19H,6-7,9-10,15,24H2. The Hall–Kier alpha value is -2.10. The molecule has 0 unspecified atom stereocenters. The minimum Gasteiger partial charge on any atom is -0.489 e. The Labute approximate surface area is 159 Å². The van der Waals surface area contributed by atoms with Gasteiger partial charge >= 0.3 is 0 Å². The Morgan fingerprint density at radius 3 is 2.58 bits per heavy atom. The zero-order chi connectivity index (χ0) is 18.0. The van der Waals surface area contributed by atoms with Gasteiger partial charge < -0.3 is 10.5 Å². The summed E-state index contributed by atoms with van der Waals surface area (Å²) in [5, 5.41) is 2.76. The number of hydrogen-bond donors (Lipinski definition) is 1. The second-order valence-corrected chi connectivity index (χ2v) is 7.58. The van der Waals surface area contributed by atoms with Crippen LogP contribution in [0.25, 0.3) is 10.8 Å². The molecule has 2 aromatic carbocycles. The first-order valence-electron chi connectivity index (χ1n) is 9.16. The fourth-order valence-electron chi connectivity index (χ4n) is 4.02. The van der Waals surface area contributed by atoms with E-state index < -0.39 is 0 Å². The van der Waals surface area contributed by atoms with Gasteiger partial charge in [0.2, 0.25) is 0 Å². The molecule has 1 fully saturated rings. The maximum Gasteiger partial charge on any atom is 0.138 e. The molecule has 0 radical (unpaired) electrons. The topological polar surface area (TPSA) is 48.1 Å². The number of pyridine rings is 1. The summed E-state index contributed by atoms with van der Waals surface area (Å²) in [4.78, 5) is 4.14. The van der Waals surface area contributed by atoms with E-state index in [1.54, 1.807) is 6.20 Å². The molecule has 4 heteroatoms. The predicted molar refractivity (Wildman–Crippen MR) is 107 cm³/mol. The molecular formula is C22H23ClN2O. The van der Waals surface area contributed by atoms with E-state index in [0.29, 0.717) is 11.6 Å². The van der Waals surface area contributed by atoms with Crippen molar-refractivity contribution < 1.29 is 4.74 Å². The van der Waals surface area contributed by atoms with Crippen molar-refractivity contribution in [3.05, 3.63) is 71.5 Å². The summed E-state index contributed by atoms with van der Waals surface area (Å²) in [5.74, 6) is 0.760. The third kappa shape index (κ3) is 3.29. The van der Waals surface area contributed by atoms with Gasteiger partial charge in [-0.1, -0.05) is 41.9 Å². The van der Waals surface area contributed by atoms with E-state index in [-0.39, 0.29) is 11.5 Å². The number of nitrogens with zero attached hydrogens (tertiary/aromatic N) is 1. The number of ether oxygens (including phenoxy) is 1. The molecule has 1 heterocycles. The summed E-state index contributed by atoms with van der Waals surface area (Å²) in [5.41, 5.74) is 7.60. The van der Waals surface area contributed by atoms with Gasteiger partial charge in [-0.15, -0.1) is 0 Å². The molecule has 0 atom stereocenters. The zero-order valence-electron chi connectivity index (χ0n) is 14.7. The van der Waals surface area contributed by atoms with E-state index in [2.05, 4.69) is 35.3 Å². The molecule has 3 nitrogen and oxygen atoms in total. The van der Waals surface area contributed by atoms with E-state index in [1.165, 1.54) is 5.56 Å². The summed E-state index contributed by atoms with van der Waals surface area (Å²) in [6.07, 6.45) is 7.82. The molecule has 0 spiro atoms. The molecule has 0 saturated heterocycles. The van der Waals surface area contributed by atoms with E-state index >= 15 is 0 Å². The largest absolute Gasteiger partial charge is 0.489 e. The van der Waals surface area contributed by atoms with Gasteiger partial charge in [-0.3, -0.25) is 4.98 Å². The van der Waals surface area contributed by atoms with Crippen LogP contribution in [0.2, 0.25) is 5.02 Å². The monoisotopic (exact) mass is 366 g/mol. The van der Waals surface area contributed by atoms with Crippen LogP contribution in [0.3, 0.4) is 0 Å². The zero-order valence-corrected chi connectivity index (χ0v) is 15.5. The van der Waals surface area contributed by atoms with Crippen LogP contribution in [0.4, 0.5) is 0 Å². The van der Waals surface area contributed by atoms with Crippen LogP contribution < -0.4 is 10.5 Å². The smallest absolute Gasteiger partial charge is 0.138 e. The minimum atomic E-state index is 0.0694. The molecule has 0 bridgehead atoms. The van der Waals surface area contributed by atoms with Gasteiger partial charge in [0.05, 0.1) is 11.1 Å². The van der Waals surface area contributed by atoms with Crippen molar-refractivity contribution in [3.8, 4) is 5.75 Å². The molecular weight excluding hydrogens is 344 g/mol. The number of aromatic nitrogens is 1. The highest BCUT2D eigenvalue weighted by Gasteiger charge is 2.36. The SMILES string of the molecule is NCC1(c2ccccc2)CCC(Oc2cc3ccncc3cc2Cl)CC1. The van der Waals surface area contributed by atoms with Crippen LogP contribution in [0.15, 0.2) is 60.9 Å². The number of hydrogen-bond acceptors (Lipinski definition) is 3. The fourth-order valence-corrected chi connectivity index (χ4v) is 4.24. The van der Waals surface area contributed by atoms with E-state index in [0.717, 1.165) is 42.2 Å². The summed E-state index contributed by atoms with van der Waals surface area (Å²) < 4.78 is 6.27. The van der Waals surface area contributed by atoms with Crippen molar-refractivity contribution in [2.45, 2.75) is 37.2 Å². The Kier molecular flexibility index (Phi) is 4.84. The fraction of sp³-hybridized carbons (Fsp3) is 0.318. The maximum atomic E-state index is 6.43. The van der Waals surface area contributed by atoms with Crippen LogP contribution in [-0.2, 0) is 5.41 Å². The molecule has 134 valence electrons. The van der Waals surface area contributed by atoms with Gasteiger partial charge in [-0.25, -0.2) is 0 Å². The third-order valence-corrected chi connectivity index (χ3v) is 5.95. The lowest BCUT2D eigenvalue weighted by molar-refractivity contribution is 0.118. The second kappa shape index (κ2) is 7.26. The Morgan fingerprint density at radius 1 is 1.08 bits per heavy atom. The lowest BCUT2D eigenvalue weighted by Crippen LogP contribution is -2.41. The van der Waals surface area contributed by atoms with Crippen molar-refractivity contribution in [2.75, 3.05) is 6.54 Å². The van der Waals surface area contributed by atoms with E-state index in [1.807, 2.05) is 24.4 Å². The molecule has 1 saturated carbocycles. The van der Waals surface area contributed by atoms with Crippen molar-refractivity contribution in [1.82, 2.24) is 4.98 Å². The van der Waals surface area contributed by atoms with Crippen molar-refractivity contribution >= 4 is 22.4 Å². The second-order valence-electron chi connectivity index (χ2n) is 7.17. The molecule has 1 aliphatic rings. The first-order valence-corrected chi connectivity index (χ1v) is 9.53. The van der Waals surface area contributed by atoms with E-state index in [9.17, 15) is 0 Å². The van der Waals surface area contributed by atoms with Crippen LogP contribution in [0.1, 0.15) is 31.2 Å². The van der Waals surface area contributed by atoms with Crippen molar-refractivity contribution in [2.24, 2.45) is 5.73 Å². The van der Waals surface area contributed by atoms with Crippen LogP contribution in [0.5, 0.6) is 5.75 Å². The number of fused-ring (bicyclic) bond motifs is 1. The molecule has 0 aliphatic heterocycles. The van der Waals surface area contributed by atoms with Crippen LogP contribution in [-0.4, -0.2) is 17.6 Å². The molecule has 4 rings (SSSR count). The Morgan fingerprint density at radius 2 is 1.85 bits per heavy atom. The normalized spacial score (nSPS) is 23.1. The lowest BCUT2D eigenvalue weighted by Gasteiger charge is -2.40. The summed E-state index contributed by atoms with van der Waals surface area (Å²) >= 11 is 6.43. The van der Waals surface area contributed by atoms with Gasteiger partial charge in [0, 0.05) is 29.7 Å². The minimum absolute atomic E-state index is 0.0694. The highest BCUT2D eigenvalue weighted by atomic mass is 35.5. The predicted octanol–water partition coefficient (Wildman–Crippen LogP) is 5.11. The lowest BCUT2D eigenvalue weighted by atomic mass is 9.69. The summed E-state index contributed by atoms with van der Waals surface area (Å²) in [6.45, 7) is 0.674. The van der Waals surface area contributed by atoms with Gasteiger partial charge in [0.1, 0.15) is 5.75 Å². The first-order chi connectivity index (χ1) is 12.7. The molecule has 26 heavy (non-hydrogen) atoms. The van der Waals surface area contributed by atoms with Gasteiger partial charge in [-0.2, -0.15) is 0 Å². The van der Waals surface area contributed by atoms with Crippen molar-refractivity contribution in [1.29, 1.82) is 0 Å². The average Bonchev–Trinajstić information content (AvgIpc) is 2.70. The highest BCUT2D eigenvalue weighted by Crippen LogP contribution is 2.40. The first kappa shape index (κ1) is 17.3. The summed E-state index contributed by atoms with van der Waals surface area (Å²) in [7, 11) is 0. The highest BCUT2D eigenvalue weighted by molar-refractivity contribution is 6.32. The Balaban J connectivity index is 1.49. The molecule has 1 aromatic heterocycles. The molecule has 1 aliphatic carbocycles. The number of benzene rings is 2.